The first-order valence-corrected chi connectivity index (χ1v) is 11.9. The lowest BCUT2D eigenvalue weighted by atomic mass is 9.74. The number of halogens is 1. The monoisotopic (exact) mass is 457 g/mol. The zero-order chi connectivity index (χ0) is 22.3. The fraction of sp³-hybridized carbons (Fsp3) is 0.826. The topological polar surface area (TPSA) is 111 Å². The number of hydrogen-bond donors (Lipinski definition) is 5. The van der Waals surface area contributed by atoms with Crippen LogP contribution in [0.5, 0.6) is 0 Å². The van der Waals surface area contributed by atoms with Gasteiger partial charge in [0.15, 0.2) is 0 Å². The van der Waals surface area contributed by atoms with Crippen LogP contribution >= 0.6 is 11.6 Å². The third-order valence-corrected chi connectivity index (χ3v) is 7.80. The van der Waals surface area contributed by atoms with Gasteiger partial charge in [-0.1, -0.05) is 17.7 Å². The van der Waals surface area contributed by atoms with E-state index in [-0.39, 0.29) is 17.4 Å². The predicted octanol–water partition coefficient (Wildman–Crippen LogP) is 1.78. The van der Waals surface area contributed by atoms with E-state index in [0.29, 0.717) is 12.3 Å². The van der Waals surface area contributed by atoms with E-state index in [1.165, 1.54) is 5.70 Å². The molecule has 176 valence electrons. The van der Waals surface area contributed by atoms with Crippen LogP contribution in [0.4, 0.5) is 0 Å². The van der Waals surface area contributed by atoms with Crippen molar-refractivity contribution < 1.29 is 29.9 Å². The Morgan fingerprint density at radius 2 is 1.97 bits per heavy atom. The molecule has 7 unspecified atom stereocenters. The Bertz CT molecular complexity index is 723. The maximum atomic E-state index is 10.5. The van der Waals surface area contributed by atoms with E-state index in [4.69, 9.17) is 21.1 Å². The number of nitrogens with one attached hydrogen (secondary N) is 1. The smallest absolute Gasteiger partial charge is 0.120 e. The van der Waals surface area contributed by atoms with Gasteiger partial charge in [0.05, 0.1) is 19.3 Å². The van der Waals surface area contributed by atoms with E-state index in [2.05, 4.69) is 19.2 Å². The molecule has 0 aromatic heterocycles. The summed E-state index contributed by atoms with van der Waals surface area (Å²) in [5, 5.41) is 44.7. The van der Waals surface area contributed by atoms with Crippen LogP contribution in [-0.2, 0) is 9.47 Å². The summed E-state index contributed by atoms with van der Waals surface area (Å²) in [6.07, 6.45) is 1.92. The Labute approximate surface area is 189 Å². The van der Waals surface area contributed by atoms with Crippen molar-refractivity contribution in [3.05, 3.63) is 22.6 Å². The molecule has 0 radical (unpaired) electrons. The van der Waals surface area contributed by atoms with E-state index in [0.717, 1.165) is 49.4 Å². The summed E-state index contributed by atoms with van der Waals surface area (Å²) in [5.41, 5.74) is 1.05. The molecular formula is C23H36ClNO6. The standard InChI is InChI=1S/C23H36ClNO6/c1-23(2)11-25-16-8-12(3-6-17(16)31-23)7-14-9-13(4-5-15(14)24)22-21(29)20(28)19(27)18(10-26)30-22/h5,12-14,18-22,25-29H,3-4,6-11H2,1-2H3/t12?,13?,14?,18?,19?,20?,21-,22?/m1/s1. The summed E-state index contributed by atoms with van der Waals surface area (Å²) in [7, 11) is 0. The van der Waals surface area contributed by atoms with Crippen LogP contribution in [0.2, 0.25) is 0 Å². The summed E-state index contributed by atoms with van der Waals surface area (Å²) >= 11 is 6.60. The minimum absolute atomic E-state index is 0.0333. The molecule has 0 aromatic carbocycles. The number of rotatable bonds is 4. The first-order chi connectivity index (χ1) is 14.7. The van der Waals surface area contributed by atoms with Crippen LogP contribution in [0.15, 0.2) is 22.6 Å². The van der Waals surface area contributed by atoms with E-state index >= 15 is 0 Å². The molecule has 2 aliphatic heterocycles. The van der Waals surface area contributed by atoms with Crippen molar-refractivity contribution in [3.63, 3.8) is 0 Å². The summed E-state index contributed by atoms with van der Waals surface area (Å²) < 4.78 is 12.0. The fourth-order valence-corrected chi connectivity index (χ4v) is 5.84. The zero-order valence-corrected chi connectivity index (χ0v) is 19.1. The van der Waals surface area contributed by atoms with Crippen LogP contribution in [-0.4, -0.2) is 69.7 Å². The van der Waals surface area contributed by atoms with Crippen LogP contribution in [0.25, 0.3) is 0 Å². The number of aliphatic hydroxyl groups excluding tert-OH is 4. The second kappa shape index (κ2) is 9.20. The molecule has 0 aromatic rings. The normalized spacial score (nSPS) is 42.9. The van der Waals surface area contributed by atoms with Gasteiger partial charge in [-0.25, -0.2) is 0 Å². The molecule has 1 saturated heterocycles. The lowest BCUT2D eigenvalue weighted by Gasteiger charge is -2.45. The summed E-state index contributed by atoms with van der Waals surface area (Å²) in [5.74, 6) is 1.73. The molecule has 4 rings (SSSR count). The van der Waals surface area contributed by atoms with Crippen LogP contribution in [0, 0.1) is 17.8 Å². The second-order valence-electron chi connectivity index (χ2n) is 10.3. The lowest BCUT2D eigenvalue weighted by Crippen LogP contribution is -2.60. The Morgan fingerprint density at radius 3 is 2.71 bits per heavy atom. The maximum absolute atomic E-state index is 10.5. The van der Waals surface area contributed by atoms with Crippen LogP contribution in [0.3, 0.4) is 0 Å². The van der Waals surface area contributed by atoms with E-state index in [9.17, 15) is 20.4 Å². The number of aliphatic hydroxyl groups is 4. The predicted molar refractivity (Wildman–Crippen MR) is 116 cm³/mol. The Hall–Kier alpha value is -0.830. The minimum atomic E-state index is -1.33. The van der Waals surface area contributed by atoms with Gasteiger partial charge in [-0.15, -0.1) is 0 Å². The quantitative estimate of drug-likeness (QED) is 0.437. The highest BCUT2D eigenvalue weighted by Gasteiger charge is 2.47. The molecule has 8 atom stereocenters. The highest BCUT2D eigenvalue weighted by Crippen LogP contribution is 2.44. The van der Waals surface area contributed by atoms with Gasteiger partial charge in [0.2, 0.25) is 0 Å². The molecule has 1 fully saturated rings. The Balaban J connectivity index is 1.40. The highest BCUT2D eigenvalue weighted by molar-refractivity contribution is 6.29. The van der Waals surface area contributed by atoms with E-state index < -0.39 is 37.1 Å². The van der Waals surface area contributed by atoms with E-state index in [1.807, 2.05) is 6.08 Å². The molecular weight excluding hydrogens is 422 g/mol. The average Bonchev–Trinajstić information content (AvgIpc) is 2.74. The van der Waals surface area contributed by atoms with Crippen molar-refractivity contribution >= 4 is 11.6 Å². The lowest BCUT2D eigenvalue weighted by molar-refractivity contribution is -0.242. The molecule has 7 nitrogen and oxygen atoms in total. The molecule has 0 saturated carbocycles. The maximum Gasteiger partial charge on any atom is 0.120 e. The van der Waals surface area contributed by atoms with Gasteiger partial charge < -0.3 is 35.2 Å². The minimum Gasteiger partial charge on any atom is -0.489 e. The molecule has 0 bridgehead atoms. The second-order valence-corrected chi connectivity index (χ2v) is 10.7. The number of allylic oxidation sites excluding steroid dienone is 4. The van der Waals surface area contributed by atoms with Gasteiger partial charge in [-0.3, -0.25) is 0 Å². The largest absolute Gasteiger partial charge is 0.489 e. The first kappa shape index (κ1) is 23.3. The Morgan fingerprint density at radius 1 is 1.19 bits per heavy atom. The summed E-state index contributed by atoms with van der Waals surface area (Å²) in [4.78, 5) is 0. The molecule has 0 spiro atoms. The summed E-state index contributed by atoms with van der Waals surface area (Å²) in [6, 6.07) is 0. The molecule has 31 heavy (non-hydrogen) atoms. The van der Waals surface area contributed by atoms with Crippen molar-refractivity contribution in [2.24, 2.45) is 17.8 Å². The third kappa shape index (κ3) is 4.92. The first-order valence-electron chi connectivity index (χ1n) is 11.5. The van der Waals surface area contributed by atoms with Crippen molar-refractivity contribution in [2.75, 3.05) is 13.2 Å². The molecule has 5 N–H and O–H groups in total. The molecule has 0 amide bonds. The molecule has 8 heteroatoms. The zero-order valence-electron chi connectivity index (χ0n) is 18.3. The SMILES string of the molecule is CC1(C)CNC2=C(CCC(CC3CC(C4OC(CO)C(O)C(O)[C@H]4O)CC=C3Cl)C2)O1. The van der Waals surface area contributed by atoms with Crippen molar-refractivity contribution in [2.45, 2.75) is 88.5 Å². The van der Waals surface area contributed by atoms with Crippen molar-refractivity contribution in [1.82, 2.24) is 5.32 Å². The van der Waals surface area contributed by atoms with Gasteiger partial charge in [0.1, 0.15) is 35.8 Å². The fourth-order valence-electron chi connectivity index (χ4n) is 5.57. The number of ether oxygens (including phenoxy) is 2. The average molecular weight is 458 g/mol. The van der Waals surface area contributed by atoms with Gasteiger partial charge in [0, 0.05) is 17.2 Å². The van der Waals surface area contributed by atoms with Crippen LogP contribution < -0.4 is 5.32 Å². The van der Waals surface area contributed by atoms with Gasteiger partial charge in [0.25, 0.3) is 0 Å². The third-order valence-electron chi connectivity index (χ3n) is 7.34. The Kier molecular flexibility index (Phi) is 6.92. The molecule has 2 heterocycles. The van der Waals surface area contributed by atoms with Gasteiger partial charge in [-0.2, -0.15) is 0 Å². The summed E-state index contributed by atoms with van der Waals surface area (Å²) in [6.45, 7) is 4.60. The van der Waals surface area contributed by atoms with Gasteiger partial charge >= 0.3 is 0 Å². The molecule has 4 aliphatic rings. The van der Waals surface area contributed by atoms with Crippen LogP contribution in [0.1, 0.15) is 52.4 Å². The molecule has 2 aliphatic carbocycles. The van der Waals surface area contributed by atoms with Gasteiger partial charge in [-0.05, 0) is 63.7 Å². The van der Waals surface area contributed by atoms with E-state index in [1.54, 1.807) is 0 Å². The highest BCUT2D eigenvalue weighted by atomic mass is 35.5. The van der Waals surface area contributed by atoms with Crippen molar-refractivity contribution in [3.8, 4) is 0 Å². The van der Waals surface area contributed by atoms with Crippen molar-refractivity contribution in [1.29, 1.82) is 0 Å². The number of hydrogen-bond acceptors (Lipinski definition) is 7.